The van der Waals surface area contributed by atoms with E-state index in [-0.39, 0.29) is 30.6 Å². The molecule has 1 saturated heterocycles. The lowest BCUT2D eigenvalue weighted by Crippen LogP contribution is -2.45. The van der Waals surface area contributed by atoms with Gasteiger partial charge >= 0.3 is 0 Å². The Labute approximate surface area is 153 Å². The van der Waals surface area contributed by atoms with E-state index in [4.69, 9.17) is 4.74 Å². The molecule has 1 aromatic rings. The van der Waals surface area contributed by atoms with Gasteiger partial charge in [-0.1, -0.05) is 6.92 Å². The first-order valence-electron chi connectivity index (χ1n) is 7.27. The smallest absolute Gasteiger partial charge is 0.172 e. The summed E-state index contributed by atoms with van der Waals surface area (Å²) in [5.41, 5.74) is 1.20. The van der Waals surface area contributed by atoms with E-state index in [1.54, 1.807) is 0 Å². The molecular weight excluding hydrogens is 391 g/mol. The topological polar surface area (TPSA) is 44.7 Å². The van der Waals surface area contributed by atoms with Crippen LogP contribution in [0.4, 0.5) is 0 Å². The van der Waals surface area contributed by atoms with Gasteiger partial charge in [-0.15, -0.1) is 24.8 Å². The molecule has 0 aromatic heterocycles. The van der Waals surface area contributed by atoms with E-state index in [9.17, 15) is 5.11 Å². The Morgan fingerprint density at radius 2 is 1.91 bits per heavy atom. The zero-order valence-electron chi connectivity index (χ0n) is 13.0. The van der Waals surface area contributed by atoms with Crippen molar-refractivity contribution in [1.82, 2.24) is 10.2 Å². The van der Waals surface area contributed by atoms with Crippen LogP contribution in [-0.2, 0) is 0 Å². The normalized spacial score (nSPS) is 16.3. The molecule has 0 saturated carbocycles. The quantitative estimate of drug-likeness (QED) is 0.768. The average Bonchev–Trinajstić information content (AvgIpc) is 2.46. The summed E-state index contributed by atoms with van der Waals surface area (Å²) < 4.78 is 6.23. The van der Waals surface area contributed by atoms with Gasteiger partial charge in [0.05, 0.1) is 11.1 Å². The van der Waals surface area contributed by atoms with E-state index in [0.717, 1.165) is 32.6 Å². The minimum atomic E-state index is 0. The van der Waals surface area contributed by atoms with Gasteiger partial charge in [-0.05, 0) is 47.0 Å². The summed E-state index contributed by atoms with van der Waals surface area (Å²) in [5.74, 6) is 0.747. The van der Waals surface area contributed by atoms with Gasteiger partial charge < -0.3 is 15.2 Å². The van der Waals surface area contributed by atoms with Gasteiger partial charge in [-0.3, -0.25) is 4.90 Å². The summed E-state index contributed by atoms with van der Waals surface area (Å²) in [6.45, 7) is 8.86. The lowest BCUT2D eigenvalue weighted by atomic mass is 10.0. The first kappa shape index (κ1) is 21.8. The lowest BCUT2D eigenvalue weighted by Gasteiger charge is -2.35. The molecule has 1 fully saturated rings. The molecule has 1 aromatic carbocycles. The molecular formula is C15H25BrCl2N2O2. The predicted molar refractivity (Wildman–Crippen MR) is 98.9 cm³/mol. The van der Waals surface area contributed by atoms with Crippen molar-refractivity contribution in [2.45, 2.75) is 26.3 Å². The number of phenols is 1. The highest BCUT2D eigenvalue weighted by Gasteiger charge is 2.22. The number of nitrogens with zero attached hydrogens (tertiary/aromatic N) is 1. The van der Waals surface area contributed by atoms with E-state index in [1.807, 2.05) is 19.1 Å². The van der Waals surface area contributed by atoms with Crippen molar-refractivity contribution >= 4 is 40.7 Å². The van der Waals surface area contributed by atoms with Crippen LogP contribution in [0.25, 0.3) is 0 Å². The molecule has 1 heterocycles. The third kappa shape index (κ3) is 5.17. The zero-order valence-corrected chi connectivity index (χ0v) is 16.2. The number of hydrogen-bond acceptors (Lipinski definition) is 4. The Kier molecular flexibility index (Phi) is 10.5. The Hall–Kier alpha value is -0.200. The fraction of sp³-hybridized carbons (Fsp3) is 0.600. The van der Waals surface area contributed by atoms with Crippen molar-refractivity contribution in [3.8, 4) is 11.5 Å². The fourth-order valence-corrected chi connectivity index (χ4v) is 3.21. The second-order valence-corrected chi connectivity index (χ2v) is 5.85. The standard InChI is InChI=1S/C15H23BrN2O2.2ClH/c1-3-13(18-7-5-17-6-8-18)11-9-12(16)15(19)14(10-11)20-4-2;;/h9-10,13,17,19H,3-8H2,1-2H3;2*1H/t13-;;/m0../s1. The molecule has 7 heteroatoms. The summed E-state index contributed by atoms with van der Waals surface area (Å²) in [6, 6.07) is 4.35. The first-order chi connectivity index (χ1) is 9.67. The fourth-order valence-electron chi connectivity index (χ4n) is 2.75. The molecule has 0 bridgehead atoms. The van der Waals surface area contributed by atoms with Crippen molar-refractivity contribution in [3.63, 3.8) is 0 Å². The van der Waals surface area contributed by atoms with Crippen LogP contribution in [0, 0.1) is 0 Å². The molecule has 2 N–H and O–H groups in total. The highest BCUT2D eigenvalue weighted by Crippen LogP contribution is 2.39. The Balaban J connectivity index is 0.00000220. The monoisotopic (exact) mass is 414 g/mol. The third-order valence-corrected chi connectivity index (χ3v) is 4.32. The number of hydrogen-bond donors (Lipinski definition) is 2. The van der Waals surface area contributed by atoms with E-state index >= 15 is 0 Å². The van der Waals surface area contributed by atoms with Crippen LogP contribution in [0.1, 0.15) is 31.9 Å². The molecule has 128 valence electrons. The summed E-state index contributed by atoms with van der Waals surface area (Å²) in [4.78, 5) is 2.49. The van der Waals surface area contributed by atoms with Crippen molar-refractivity contribution in [2.24, 2.45) is 0 Å². The number of piperazine rings is 1. The van der Waals surface area contributed by atoms with Crippen LogP contribution in [0.2, 0.25) is 0 Å². The van der Waals surface area contributed by atoms with Gasteiger partial charge in [0.25, 0.3) is 0 Å². The largest absolute Gasteiger partial charge is 0.503 e. The van der Waals surface area contributed by atoms with Gasteiger partial charge in [0.15, 0.2) is 11.5 Å². The van der Waals surface area contributed by atoms with E-state index in [1.165, 1.54) is 5.56 Å². The van der Waals surface area contributed by atoms with Gasteiger partial charge in [-0.2, -0.15) is 0 Å². The number of rotatable bonds is 5. The average molecular weight is 416 g/mol. The highest BCUT2D eigenvalue weighted by atomic mass is 79.9. The van der Waals surface area contributed by atoms with Crippen LogP contribution in [0.15, 0.2) is 16.6 Å². The minimum Gasteiger partial charge on any atom is -0.503 e. The highest BCUT2D eigenvalue weighted by molar-refractivity contribution is 9.10. The van der Waals surface area contributed by atoms with E-state index in [0.29, 0.717) is 22.9 Å². The second-order valence-electron chi connectivity index (χ2n) is 4.99. The third-order valence-electron chi connectivity index (χ3n) is 3.71. The molecule has 0 aliphatic carbocycles. The van der Waals surface area contributed by atoms with Crippen LogP contribution in [0.3, 0.4) is 0 Å². The molecule has 1 atom stereocenters. The summed E-state index contributed by atoms with van der Waals surface area (Å²) >= 11 is 3.43. The van der Waals surface area contributed by atoms with Crippen LogP contribution >= 0.6 is 40.7 Å². The number of aromatic hydroxyl groups is 1. The van der Waals surface area contributed by atoms with E-state index in [2.05, 4.69) is 33.1 Å². The van der Waals surface area contributed by atoms with Crippen LogP contribution in [0.5, 0.6) is 11.5 Å². The van der Waals surface area contributed by atoms with Gasteiger partial charge in [0, 0.05) is 32.2 Å². The van der Waals surface area contributed by atoms with Gasteiger partial charge in [0.1, 0.15) is 0 Å². The maximum absolute atomic E-state index is 10.0. The number of halogens is 3. The molecule has 1 aliphatic heterocycles. The lowest BCUT2D eigenvalue weighted by molar-refractivity contribution is 0.169. The van der Waals surface area contributed by atoms with Crippen molar-refractivity contribution in [3.05, 3.63) is 22.2 Å². The molecule has 0 amide bonds. The number of ether oxygens (including phenoxy) is 1. The molecule has 0 radical (unpaired) electrons. The molecule has 1 aliphatic rings. The molecule has 22 heavy (non-hydrogen) atoms. The van der Waals surface area contributed by atoms with Crippen LogP contribution in [-0.4, -0.2) is 42.8 Å². The Morgan fingerprint density at radius 3 is 2.45 bits per heavy atom. The summed E-state index contributed by atoms with van der Waals surface area (Å²) in [6.07, 6.45) is 1.04. The first-order valence-corrected chi connectivity index (χ1v) is 8.06. The second kappa shape index (κ2) is 10.6. The summed E-state index contributed by atoms with van der Waals surface area (Å²) in [7, 11) is 0. The molecule has 0 spiro atoms. The molecule has 4 nitrogen and oxygen atoms in total. The number of benzene rings is 1. The van der Waals surface area contributed by atoms with E-state index < -0.39 is 0 Å². The number of phenolic OH excluding ortho intramolecular Hbond substituents is 1. The maximum atomic E-state index is 10.0. The summed E-state index contributed by atoms with van der Waals surface area (Å²) in [5, 5.41) is 13.4. The zero-order chi connectivity index (χ0) is 14.5. The molecule has 0 unspecified atom stereocenters. The maximum Gasteiger partial charge on any atom is 0.172 e. The SMILES string of the molecule is CCOc1cc([C@H](CC)N2CCNCC2)cc(Br)c1O.Cl.Cl. The van der Waals surface area contributed by atoms with Crippen molar-refractivity contribution in [2.75, 3.05) is 32.8 Å². The van der Waals surface area contributed by atoms with Crippen LogP contribution < -0.4 is 10.1 Å². The molecule has 2 rings (SSSR count). The Bertz CT molecular complexity index is 457. The number of nitrogens with one attached hydrogen (secondary N) is 1. The van der Waals surface area contributed by atoms with Crippen molar-refractivity contribution in [1.29, 1.82) is 0 Å². The minimum absolute atomic E-state index is 0. The van der Waals surface area contributed by atoms with Gasteiger partial charge in [0.2, 0.25) is 0 Å². The van der Waals surface area contributed by atoms with Crippen molar-refractivity contribution < 1.29 is 9.84 Å². The Morgan fingerprint density at radius 1 is 1.27 bits per heavy atom. The predicted octanol–water partition coefficient (Wildman–Crippen LogP) is 3.75. The van der Waals surface area contributed by atoms with Gasteiger partial charge in [-0.25, -0.2) is 0 Å².